The third-order valence-electron chi connectivity index (χ3n) is 6.20. The second-order valence-electron chi connectivity index (χ2n) is 8.62. The van der Waals surface area contributed by atoms with Crippen molar-refractivity contribution in [3.63, 3.8) is 0 Å². The molecule has 35 heavy (non-hydrogen) atoms. The highest BCUT2D eigenvalue weighted by molar-refractivity contribution is 7.10. The Morgan fingerprint density at radius 1 is 1.06 bits per heavy atom. The fourth-order valence-electron chi connectivity index (χ4n) is 4.55. The van der Waals surface area contributed by atoms with E-state index in [2.05, 4.69) is 5.32 Å². The van der Waals surface area contributed by atoms with E-state index in [-0.39, 0.29) is 24.3 Å². The first-order valence-corrected chi connectivity index (χ1v) is 13.0. The molecule has 184 valence electrons. The summed E-state index contributed by atoms with van der Waals surface area (Å²) in [6, 6.07) is 17.9. The number of carbonyl (C=O) groups excluding carboxylic acids is 2. The van der Waals surface area contributed by atoms with Crippen LogP contribution < -0.4 is 19.7 Å². The van der Waals surface area contributed by atoms with Crippen molar-refractivity contribution in [1.82, 2.24) is 5.32 Å². The number of methoxy groups -OCH3 is 1. The molecule has 1 fully saturated rings. The molecule has 1 unspecified atom stereocenters. The standard InChI is InChI=1S/C28H32N2O4S/c1-3-34-24-14-7-12-22(18-24)30(26(31)19-25-15-8-16-35-25)27(20-9-6-13-23(17-20)33-2)28(32)29-21-10-4-5-11-21/h6-9,12-18,21,27H,3-5,10-11,19H2,1-2H3,(H,29,32). The van der Waals surface area contributed by atoms with Gasteiger partial charge in [0.2, 0.25) is 11.8 Å². The van der Waals surface area contributed by atoms with E-state index in [4.69, 9.17) is 9.47 Å². The van der Waals surface area contributed by atoms with Crippen LogP contribution in [-0.2, 0) is 16.0 Å². The van der Waals surface area contributed by atoms with Crippen LogP contribution in [0.4, 0.5) is 5.69 Å². The predicted molar refractivity (Wildman–Crippen MR) is 139 cm³/mol. The summed E-state index contributed by atoms with van der Waals surface area (Å²) in [5.74, 6) is 0.941. The van der Waals surface area contributed by atoms with Gasteiger partial charge >= 0.3 is 0 Å². The highest BCUT2D eigenvalue weighted by Crippen LogP contribution is 2.33. The number of benzene rings is 2. The van der Waals surface area contributed by atoms with Crippen molar-refractivity contribution in [3.8, 4) is 11.5 Å². The molecule has 2 amide bonds. The van der Waals surface area contributed by atoms with Crippen LogP contribution in [0.25, 0.3) is 0 Å². The molecule has 0 bridgehead atoms. The van der Waals surface area contributed by atoms with Crippen LogP contribution >= 0.6 is 11.3 Å². The van der Waals surface area contributed by atoms with Gasteiger partial charge in [0.05, 0.1) is 20.1 Å². The lowest BCUT2D eigenvalue weighted by molar-refractivity contribution is -0.127. The summed E-state index contributed by atoms with van der Waals surface area (Å²) in [5, 5.41) is 5.17. The van der Waals surface area contributed by atoms with E-state index in [0.29, 0.717) is 29.4 Å². The van der Waals surface area contributed by atoms with Crippen LogP contribution in [0, 0.1) is 0 Å². The maximum absolute atomic E-state index is 13.9. The average molecular weight is 493 g/mol. The van der Waals surface area contributed by atoms with Gasteiger partial charge in [-0.25, -0.2) is 0 Å². The van der Waals surface area contributed by atoms with Gasteiger partial charge in [0, 0.05) is 22.7 Å². The molecular weight excluding hydrogens is 460 g/mol. The van der Waals surface area contributed by atoms with Gasteiger partial charge < -0.3 is 14.8 Å². The first kappa shape index (κ1) is 24.8. The Morgan fingerprint density at radius 3 is 2.54 bits per heavy atom. The SMILES string of the molecule is CCOc1cccc(N(C(=O)Cc2cccs2)C(C(=O)NC2CCCC2)c2cccc(OC)c2)c1. The van der Waals surface area contributed by atoms with Gasteiger partial charge in [-0.05, 0) is 61.0 Å². The predicted octanol–water partition coefficient (Wildman–Crippen LogP) is 5.53. The number of carbonyl (C=O) groups is 2. The molecule has 0 spiro atoms. The van der Waals surface area contributed by atoms with Crippen molar-refractivity contribution in [1.29, 1.82) is 0 Å². The molecule has 3 aromatic rings. The number of anilines is 1. The van der Waals surface area contributed by atoms with Gasteiger partial charge in [-0.1, -0.05) is 37.1 Å². The Kier molecular flexibility index (Phi) is 8.42. The molecule has 6 nitrogen and oxygen atoms in total. The van der Waals surface area contributed by atoms with Crippen LogP contribution in [0.5, 0.6) is 11.5 Å². The summed E-state index contributed by atoms with van der Waals surface area (Å²) < 4.78 is 11.2. The van der Waals surface area contributed by atoms with Gasteiger partial charge in [0.1, 0.15) is 17.5 Å². The maximum Gasteiger partial charge on any atom is 0.248 e. The zero-order valence-electron chi connectivity index (χ0n) is 20.2. The highest BCUT2D eigenvalue weighted by atomic mass is 32.1. The number of rotatable bonds is 10. The minimum Gasteiger partial charge on any atom is -0.497 e. The monoisotopic (exact) mass is 492 g/mol. The molecule has 1 saturated carbocycles. The lowest BCUT2D eigenvalue weighted by Crippen LogP contribution is -2.46. The third-order valence-corrected chi connectivity index (χ3v) is 7.08. The highest BCUT2D eigenvalue weighted by Gasteiger charge is 2.34. The van der Waals surface area contributed by atoms with Crippen LogP contribution in [0.15, 0.2) is 66.0 Å². The fourth-order valence-corrected chi connectivity index (χ4v) is 5.25. The quantitative estimate of drug-likeness (QED) is 0.404. The summed E-state index contributed by atoms with van der Waals surface area (Å²) in [5.41, 5.74) is 1.31. The minimum atomic E-state index is -0.852. The summed E-state index contributed by atoms with van der Waals surface area (Å²) >= 11 is 1.53. The van der Waals surface area contributed by atoms with E-state index >= 15 is 0 Å². The smallest absolute Gasteiger partial charge is 0.248 e. The number of ether oxygens (including phenoxy) is 2. The summed E-state index contributed by atoms with van der Waals surface area (Å²) in [7, 11) is 1.60. The Labute approximate surface area is 210 Å². The number of hydrogen-bond acceptors (Lipinski definition) is 5. The number of thiophene rings is 1. The van der Waals surface area contributed by atoms with Crippen molar-refractivity contribution in [2.45, 2.75) is 51.1 Å². The summed E-state index contributed by atoms with van der Waals surface area (Å²) in [4.78, 5) is 30.3. The second kappa shape index (κ2) is 11.9. The molecule has 1 N–H and O–H groups in total. The van der Waals surface area contributed by atoms with E-state index in [1.54, 1.807) is 12.0 Å². The molecule has 1 aliphatic carbocycles. The van der Waals surface area contributed by atoms with E-state index in [1.165, 1.54) is 11.3 Å². The zero-order valence-corrected chi connectivity index (χ0v) is 21.1. The molecule has 0 saturated heterocycles. The van der Waals surface area contributed by atoms with Gasteiger partial charge in [-0.3, -0.25) is 14.5 Å². The number of nitrogens with zero attached hydrogens (tertiary/aromatic N) is 1. The third kappa shape index (κ3) is 6.22. The van der Waals surface area contributed by atoms with Gasteiger partial charge in [-0.2, -0.15) is 0 Å². The van der Waals surface area contributed by atoms with Crippen molar-refractivity contribution in [2.75, 3.05) is 18.6 Å². The van der Waals surface area contributed by atoms with Gasteiger partial charge in [-0.15, -0.1) is 11.3 Å². The Balaban J connectivity index is 1.79. The van der Waals surface area contributed by atoms with Crippen LogP contribution in [0.2, 0.25) is 0 Å². The largest absolute Gasteiger partial charge is 0.497 e. The second-order valence-corrected chi connectivity index (χ2v) is 9.65. The molecule has 0 aliphatic heterocycles. The fraction of sp³-hybridized carbons (Fsp3) is 0.357. The van der Waals surface area contributed by atoms with Crippen molar-refractivity contribution in [3.05, 3.63) is 76.5 Å². The molecular formula is C28H32N2O4S. The van der Waals surface area contributed by atoms with Crippen molar-refractivity contribution in [2.24, 2.45) is 0 Å². The molecule has 1 aromatic heterocycles. The van der Waals surface area contributed by atoms with Crippen LogP contribution in [-0.4, -0.2) is 31.6 Å². The molecule has 0 radical (unpaired) electrons. The Morgan fingerprint density at radius 2 is 1.83 bits per heavy atom. The van der Waals surface area contributed by atoms with E-state index < -0.39 is 6.04 Å². The number of amides is 2. The minimum absolute atomic E-state index is 0.125. The zero-order chi connectivity index (χ0) is 24.6. The van der Waals surface area contributed by atoms with E-state index in [0.717, 1.165) is 30.6 Å². The first-order valence-electron chi connectivity index (χ1n) is 12.1. The Bertz CT molecular complexity index is 1130. The Hall–Kier alpha value is -3.32. The van der Waals surface area contributed by atoms with Crippen molar-refractivity contribution < 1.29 is 19.1 Å². The van der Waals surface area contributed by atoms with Crippen molar-refractivity contribution >= 4 is 28.8 Å². The van der Waals surface area contributed by atoms with E-state index in [9.17, 15) is 9.59 Å². The summed E-state index contributed by atoms with van der Waals surface area (Å²) in [6.45, 7) is 2.43. The number of nitrogens with one attached hydrogen (secondary N) is 1. The van der Waals surface area contributed by atoms with Gasteiger partial charge in [0.15, 0.2) is 0 Å². The molecule has 1 aliphatic rings. The maximum atomic E-state index is 13.9. The van der Waals surface area contributed by atoms with Crippen LogP contribution in [0.3, 0.4) is 0 Å². The molecule has 7 heteroatoms. The molecule has 1 heterocycles. The average Bonchev–Trinajstić information content (AvgIpc) is 3.57. The first-order chi connectivity index (χ1) is 17.1. The number of hydrogen-bond donors (Lipinski definition) is 1. The molecule has 4 rings (SSSR count). The lowest BCUT2D eigenvalue weighted by atomic mass is 10.0. The lowest BCUT2D eigenvalue weighted by Gasteiger charge is -2.32. The topological polar surface area (TPSA) is 67.9 Å². The molecule has 1 atom stereocenters. The van der Waals surface area contributed by atoms with Crippen LogP contribution in [0.1, 0.15) is 49.1 Å². The molecule has 2 aromatic carbocycles. The normalized spacial score (nSPS) is 14.3. The van der Waals surface area contributed by atoms with E-state index in [1.807, 2.05) is 73.0 Å². The van der Waals surface area contributed by atoms with Gasteiger partial charge in [0.25, 0.3) is 0 Å². The summed E-state index contributed by atoms with van der Waals surface area (Å²) in [6.07, 6.45) is 4.32.